The van der Waals surface area contributed by atoms with Crippen LogP contribution in [0.1, 0.15) is 34.7 Å². The van der Waals surface area contributed by atoms with Crippen LogP contribution in [0.25, 0.3) is 0 Å². The Bertz CT molecular complexity index is 593. The molecular weight excluding hydrogens is 242 g/mol. The van der Waals surface area contributed by atoms with Crippen LogP contribution in [0.4, 0.5) is 0 Å². The molecule has 0 aliphatic heterocycles. The summed E-state index contributed by atoms with van der Waals surface area (Å²) >= 11 is 0. The highest BCUT2D eigenvalue weighted by Crippen LogP contribution is 2.25. The molecule has 1 atom stereocenters. The fraction of sp³-hybridized carbons (Fsp3) is 0.263. The lowest BCUT2D eigenvalue weighted by molar-refractivity contribution is 0.611. The van der Waals surface area contributed by atoms with Crippen LogP contribution in [0, 0.1) is 26.2 Å². The highest BCUT2D eigenvalue weighted by Gasteiger charge is 2.15. The van der Waals surface area contributed by atoms with Crippen LogP contribution in [0.3, 0.4) is 0 Å². The molecule has 0 amide bonds. The number of rotatable bonds is 5. The molecule has 0 fully saturated rings. The molecule has 0 aromatic heterocycles. The summed E-state index contributed by atoms with van der Waals surface area (Å²) in [4.78, 5) is 0. The first-order chi connectivity index (χ1) is 9.72. The first kappa shape index (κ1) is 14.4. The summed E-state index contributed by atoms with van der Waals surface area (Å²) < 4.78 is 0. The molecule has 1 N–H and O–H groups in total. The van der Waals surface area contributed by atoms with E-state index in [0.29, 0.717) is 0 Å². The lowest BCUT2D eigenvalue weighted by Gasteiger charge is -2.22. The van der Waals surface area contributed by atoms with Gasteiger partial charge in [-0.2, -0.15) is 0 Å². The predicted molar refractivity (Wildman–Crippen MR) is 85.7 cm³/mol. The van der Waals surface area contributed by atoms with Crippen LogP contribution < -0.4 is 5.32 Å². The zero-order valence-electron chi connectivity index (χ0n) is 12.2. The largest absolute Gasteiger partial charge is 0.305 e. The van der Waals surface area contributed by atoms with Gasteiger partial charge in [0.15, 0.2) is 0 Å². The summed E-state index contributed by atoms with van der Waals surface area (Å²) in [6, 6.07) is 17.3. The first-order valence-corrected chi connectivity index (χ1v) is 7.01. The lowest BCUT2D eigenvalue weighted by Crippen LogP contribution is -2.24. The van der Waals surface area contributed by atoms with E-state index in [9.17, 15) is 0 Å². The van der Waals surface area contributed by atoms with Crippen molar-refractivity contribution < 1.29 is 0 Å². The molecule has 0 saturated heterocycles. The van der Waals surface area contributed by atoms with Gasteiger partial charge in [-0.3, -0.25) is 0 Å². The van der Waals surface area contributed by atoms with Gasteiger partial charge in [0.2, 0.25) is 0 Å². The number of aryl methyl sites for hydroxylation is 2. The van der Waals surface area contributed by atoms with Crippen molar-refractivity contribution in [3.8, 4) is 12.3 Å². The monoisotopic (exact) mass is 263 g/mol. The normalized spacial score (nSPS) is 11.8. The van der Waals surface area contributed by atoms with Gasteiger partial charge in [0.05, 0.1) is 6.04 Å². The van der Waals surface area contributed by atoms with Gasteiger partial charge < -0.3 is 5.32 Å². The number of benzene rings is 2. The van der Waals surface area contributed by atoms with Gasteiger partial charge in [-0.15, -0.1) is 12.3 Å². The number of hydrogen-bond donors (Lipinski definition) is 1. The minimum absolute atomic E-state index is 0.199. The van der Waals surface area contributed by atoms with E-state index >= 15 is 0 Å². The summed E-state index contributed by atoms with van der Waals surface area (Å²) in [6.45, 7) is 5.11. The van der Waals surface area contributed by atoms with E-state index in [2.05, 4.69) is 67.5 Å². The Balaban J connectivity index is 2.36. The maximum Gasteiger partial charge on any atom is 0.0579 e. The molecule has 2 rings (SSSR count). The summed E-state index contributed by atoms with van der Waals surface area (Å²) in [6.07, 6.45) is 6.10. The van der Waals surface area contributed by atoms with Crippen molar-refractivity contribution in [2.45, 2.75) is 26.3 Å². The van der Waals surface area contributed by atoms with Gasteiger partial charge in [0.25, 0.3) is 0 Å². The molecule has 1 unspecified atom stereocenters. The van der Waals surface area contributed by atoms with Crippen molar-refractivity contribution in [1.29, 1.82) is 0 Å². The molecule has 0 bridgehead atoms. The van der Waals surface area contributed by atoms with Gasteiger partial charge in [0, 0.05) is 13.0 Å². The molecule has 1 nitrogen and oxygen atoms in total. The minimum atomic E-state index is 0.199. The Labute approximate surface area is 122 Å². The number of hydrogen-bond acceptors (Lipinski definition) is 1. The first-order valence-electron chi connectivity index (χ1n) is 7.01. The number of nitrogens with one attached hydrogen (secondary N) is 1. The van der Waals surface area contributed by atoms with E-state index in [1.165, 1.54) is 22.3 Å². The van der Waals surface area contributed by atoms with Gasteiger partial charge in [-0.05, 0) is 30.5 Å². The van der Waals surface area contributed by atoms with Crippen molar-refractivity contribution in [2.75, 3.05) is 6.54 Å². The van der Waals surface area contributed by atoms with Gasteiger partial charge in [-0.25, -0.2) is 0 Å². The van der Waals surface area contributed by atoms with Crippen LogP contribution >= 0.6 is 0 Å². The van der Waals surface area contributed by atoms with E-state index in [1.54, 1.807) is 0 Å². The van der Waals surface area contributed by atoms with Gasteiger partial charge in [-0.1, -0.05) is 54.1 Å². The second-order valence-corrected chi connectivity index (χ2v) is 5.11. The second kappa shape index (κ2) is 6.93. The molecule has 0 aliphatic carbocycles. The fourth-order valence-electron chi connectivity index (χ4n) is 2.41. The van der Waals surface area contributed by atoms with E-state index < -0.39 is 0 Å². The van der Waals surface area contributed by atoms with Crippen LogP contribution in [0.2, 0.25) is 0 Å². The van der Waals surface area contributed by atoms with E-state index in [0.717, 1.165) is 13.0 Å². The van der Waals surface area contributed by atoms with Crippen LogP contribution in [0.15, 0.2) is 48.5 Å². The highest BCUT2D eigenvalue weighted by atomic mass is 14.9. The SMILES string of the molecule is C#CCCNC(c1ccccc1)c1cc(C)ccc1C. The Morgan fingerprint density at radius 2 is 1.85 bits per heavy atom. The van der Waals surface area contributed by atoms with Crippen molar-refractivity contribution in [1.82, 2.24) is 5.32 Å². The lowest BCUT2D eigenvalue weighted by atomic mass is 9.93. The third kappa shape index (κ3) is 3.50. The summed E-state index contributed by atoms with van der Waals surface area (Å²) in [5, 5.41) is 3.58. The summed E-state index contributed by atoms with van der Waals surface area (Å²) in [5.41, 5.74) is 5.19. The van der Waals surface area contributed by atoms with E-state index in [1.807, 2.05) is 6.07 Å². The Kier molecular flexibility index (Phi) is 4.98. The summed E-state index contributed by atoms with van der Waals surface area (Å²) in [5.74, 6) is 2.69. The molecule has 0 spiro atoms. The maximum absolute atomic E-state index is 5.36. The van der Waals surface area contributed by atoms with Crippen molar-refractivity contribution >= 4 is 0 Å². The highest BCUT2D eigenvalue weighted by molar-refractivity contribution is 5.39. The molecule has 2 aromatic carbocycles. The molecule has 0 aliphatic rings. The van der Waals surface area contributed by atoms with Crippen LogP contribution in [-0.2, 0) is 0 Å². The fourth-order valence-corrected chi connectivity index (χ4v) is 2.41. The molecule has 2 aromatic rings. The predicted octanol–water partition coefficient (Wildman–Crippen LogP) is 4.01. The topological polar surface area (TPSA) is 12.0 Å². The molecule has 20 heavy (non-hydrogen) atoms. The Morgan fingerprint density at radius 3 is 2.55 bits per heavy atom. The molecular formula is C19H21N. The molecule has 1 heteroatoms. The smallest absolute Gasteiger partial charge is 0.0579 e. The molecule has 0 radical (unpaired) electrons. The molecule has 102 valence electrons. The zero-order chi connectivity index (χ0) is 14.4. The third-order valence-electron chi connectivity index (χ3n) is 3.50. The van der Waals surface area contributed by atoms with Crippen molar-refractivity contribution in [3.05, 3.63) is 70.8 Å². The van der Waals surface area contributed by atoms with E-state index in [4.69, 9.17) is 6.42 Å². The zero-order valence-corrected chi connectivity index (χ0v) is 12.2. The molecule has 0 saturated carbocycles. The standard InChI is InChI=1S/C19H21N/c1-4-5-13-20-19(17-9-7-6-8-10-17)18-14-15(2)11-12-16(18)3/h1,6-12,14,19-20H,5,13H2,2-3H3. The van der Waals surface area contributed by atoms with Crippen molar-refractivity contribution in [3.63, 3.8) is 0 Å². The quantitative estimate of drug-likeness (QED) is 0.635. The average Bonchev–Trinajstić information content (AvgIpc) is 2.48. The average molecular weight is 263 g/mol. The minimum Gasteiger partial charge on any atom is -0.305 e. The van der Waals surface area contributed by atoms with Crippen LogP contribution in [-0.4, -0.2) is 6.54 Å². The Morgan fingerprint density at radius 1 is 1.10 bits per heavy atom. The van der Waals surface area contributed by atoms with Gasteiger partial charge >= 0.3 is 0 Å². The second-order valence-electron chi connectivity index (χ2n) is 5.11. The summed E-state index contributed by atoms with van der Waals surface area (Å²) in [7, 11) is 0. The number of terminal acetylenes is 1. The Hall–Kier alpha value is -2.04. The van der Waals surface area contributed by atoms with Gasteiger partial charge in [0.1, 0.15) is 0 Å². The van der Waals surface area contributed by atoms with Crippen LogP contribution in [0.5, 0.6) is 0 Å². The maximum atomic E-state index is 5.36. The molecule has 0 heterocycles. The van der Waals surface area contributed by atoms with Crippen molar-refractivity contribution in [2.24, 2.45) is 0 Å². The third-order valence-corrected chi connectivity index (χ3v) is 3.50. The van der Waals surface area contributed by atoms with E-state index in [-0.39, 0.29) is 6.04 Å².